The van der Waals surface area contributed by atoms with E-state index >= 15 is 0 Å². The number of amides is 2. The van der Waals surface area contributed by atoms with Gasteiger partial charge < -0.3 is 10.1 Å². The van der Waals surface area contributed by atoms with E-state index in [1.165, 1.54) is 23.0 Å². The van der Waals surface area contributed by atoms with Crippen LogP contribution in [0.15, 0.2) is 124 Å². The second-order valence-electron chi connectivity index (χ2n) is 10.8. The predicted octanol–water partition coefficient (Wildman–Crippen LogP) is 4.16. The standard InChI is InChI=1S/C35H34N6O6S/c1-25-14-18-28(19-15-25)37-33(43)24-47-30-20-16-27(17-21-30)22-36-38-32(42)23-40(48(45,46)31-12-8-5-9-13-31)34-26(2)39(3)41(35(34)44)29-10-6-4-7-11-29/h4-22H,23-24H2,1-3H3,(H,37,43)(H,38,42)/b36-22-. The topological polar surface area (TPSA) is 144 Å². The number of aromatic nitrogens is 2. The van der Waals surface area contributed by atoms with Gasteiger partial charge in [0.25, 0.3) is 27.4 Å². The van der Waals surface area contributed by atoms with Crippen LogP contribution in [-0.2, 0) is 26.7 Å². The van der Waals surface area contributed by atoms with Gasteiger partial charge in [-0.05, 0) is 80.1 Å². The van der Waals surface area contributed by atoms with E-state index in [1.54, 1.807) is 91.4 Å². The van der Waals surface area contributed by atoms with Gasteiger partial charge in [-0.2, -0.15) is 5.10 Å². The van der Waals surface area contributed by atoms with Crippen molar-refractivity contribution in [2.45, 2.75) is 18.7 Å². The molecule has 5 aromatic rings. The summed E-state index contributed by atoms with van der Waals surface area (Å²) in [5.74, 6) is -0.615. The lowest BCUT2D eigenvalue weighted by Crippen LogP contribution is -2.42. The predicted molar refractivity (Wildman–Crippen MR) is 184 cm³/mol. The Morgan fingerprint density at radius 3 is 2.12 bits per heavy atom. The van der Waals surface area contributed by atoms with Crippen molar-refractivity contribution >= 4 is 39.4 Å². The summed E-state index contributed by atoms with van der Waals surface area (Å²) in [6, 6.07) is 30.4. The number of nitrogens with zero attached hydrogens (tertiary/aromatic N) is 4. The van der Waals surface area contributed by atoms with Crippen molar-refractivity contribution in [2.24, 2.45) is 12.1 Å². The first kappa shape index (κ1) is 33.4. The van der Waals surface area contributed by atoms with Crippen LogP contribution in [0.5, 0.6) is 5.75 Å². The van der Waals surface area contributed by atoms with Crippen LogP contribution in [0.4, 0.5) is 11.4 Å². The highest BCUT2D eigenvalue weighted by atomic mass is 32.2. The smallest absolute Gasteiger partial charge is 0.296 e. The lowest BCUT2D eigenvalue weighted by molar-refractivity contribution is -0.119. The Kier molecular flexibility index (Phi) is 10.2. The summed E-state index contributed by atoms with van der Waals surface area (Å²) in [7, 11) is -2.70. The Labute approximate surface area is 277 Å². The van der Waals surface area contributed by atoms with E-state index in [4.69, 9.17) is 4.74 Å². The summed E-state index contributed by atoms with van der Waals surface area (Å²) in [6.45, 7) is 2.68. The highest BCUT2D eigenvalue weighted by Gasteiger charge is 2.33. The van der Waals surface area contributed by atoms with Crippen molar-refractivity contribution in [1.82, 2.24) is 14.8 Å². The minimum Gasteiger partial charge on any atom is -0.484 e. The van der Waals surface area contributed by atoms with Crippen LogP contribution in [0.25, 0.3) is 5.69 Å². The number of ether oxygens (including phenoxy) is 1. The molecule has 0 unspecified atom stereocenters. The Balaban J connectivity index is 1.28. The molecule has 0 fully saturated rings. The number of para-hydroxylation sites is 1. The third-order valence-corrected chi connectivity index (χ3v) is 9.14. The fourth-order valence-electron chi connectivity index (χ4n) is 4.82. The minimum atomic E-state index is -4.34. The maximum absolute atomic E-state index is 13.9. The van der Waals surface area contributed by atoms with Gasteiger partial charge in [-0.3, -0.25) is 19.1 Å². The van der Waals surface area contributed by atoms with Gasteiger partial charge in [-0.15, -0.1) is 0 Å². The van der Waals surface area contributed by atoms with Crippen LogP contribution < -0.4 is 25.3 Å². The Morgan fingerprint density at radius 1 is 0.854 bits per heavy atom. The molecule has 0 aliphatic heterocycles. The molecule has 0 saturated heterocycles. The third-order valence-electron chi connectivity index (χ3n) is 7.38. The fraction of sp³-hybridized carbons (Fsp3) is 0.143. The van der Waals surface area contributed by atoms with Gasteiger partial charge in [0.05, 0.1) is 22.5 Å². The first-order valence-electron chi connectivity index (χ1n) is 14.9. The van der Waals surface area contributed by atoms with Gasteiger partial charge in [0, 0.05) is 12.7 Å². The number of aryl methyl sites for hydroxylation is 1. The molecule has 0 bridgehead atoms. The number of nitrogens with one attached hydrogen (secondary N) is 2. The lowest BCUT2D eigenvalue weighted by Gasteiger charge is -2.22. The average Bonchev–Trinajstić information content (AvgIpc) is 3.31. The molecule has 1 aromatic heterocycles. The SMILES string of the molecule is Cc1ccc(NC(=O)COc2ccc(/C=N\NC(=O)CN(c3c(C)n(C)n(-c4ccccc4)c3=O)S(=O)(=O)c3ccccc3)cc2)cc1. The first-order valence-corrected chi connectivity index (χ1v) is 16.3. The van der Waals surface area contributed by atoms with Gasteiger partial charge in [0.2, 0.25) is 0 Å². The second kappa shape index (κ2) is 14.6. The van der Waals surface area contributed by atoms with Crippen molar-refractivity contribution < 1.29 is 22.7 Å². The van der Waals surface area contributed by atoms with Crippen LogP contribution in [0, 0.1) is 13.8 Å². The van der Waals surface area contributed by atoms with E-state index in [9.17, 15) is 22.8 Å². The summed E-state index contributed by atoms with van der Waals surface area (Å²) in [5, 5.41) is 6.74. The Morgan fingerprint density at radius 2 is 1.48 bits per heavy atom. The molecule has 2 N–H and O–H groups in total. The lowest BCUT2D eigenvalue weighted by atomic mass is 10.2. The van der Waals surface area contributed by atoms with Gasteiger partial charge in [-0.1, -0.05) is 54.1 Å². The number of carbonyl (C=O) groups excluding carboxylic acids is 2. The van der Waals surface area contributed by atoms with E-state index in [0.29, 0.717) is 28.4 Å². The molecule has 48 heavy (non-hydrogen) atoms. The Bertz CT molecular complexity index is 2090. The average molecular weight is 667 g/mol. The number of rotatable bonds is 12. The monoisotopic (exact) mass is 666 g/mol. The minimum absolute atomic E-state index is 0.0786. The van der Waals surface area contributed by atoms with Gasteiger partial charge >= 0.3 is 0 Å². The molecule has 0 saturated carbocycles. The zero-order chi connectivity index (χ0) is 34.3. The van der Waals surface area contributed by atoms with Gasteiger partial charge in [-0.25, -0.2) is 22.8 Å². The van der Waals surface area contributed by atoms with E-state index in [1.807, 2.05) is 31.2 Å². The van der Waals surface area contributed by atoms with Crippen LogP contribution in [0.3, 0.4) is 0 Å². The molecule has 5 rings (SSSR count). The zero-order valence-corrected chi connectivity index (χ0v) is 27.3. The van der Waals surface area contributed by atoms with E-state index < -0.39 is 28.0 Å². The molecule has 12 nitrogen and oxygen atoms in total. The maximum Gasteiger partial charge on any atom is 0.296 e. The molecular weight excluding hydrogens is 632 g/mol. The van der Waals surface area contributed by atoms with Crippen molar-refractivity contribution in [2.75, 3.05) is 22.8 Å². The highest BCUT2D eigenvalue weighted by Crippen LogP contribution is 2.25. The van der Waals surface area contributed by atoms with Crippen molar-refractivity contribution in [3.05, 3.63) is 136 Å². The molecule has 246 valence electrons. The summed E-state index contributed by atoms with van der Waals surface area (Å²) < 4.78 is 37.0. The van der Waals surface area contributed by atoms with Crippen LogP contribution in [-0.4, -0.2) is 49.0 Å². The highest BCUT2D eigenvalue weighted by molar-refractivity contribution is 7.92. The molecule has 0 aliphatic carbocycles. The largest absolute Gasteiger partial charge is 0.484 e. The molecule has 4 aromatic carbocycles. The molecule has 0 atom stereocenters. The second-order valence-corrected chi connectivity index (χ2v) is 12.7. The third kappa shape index (κ3) is 7.70. The molecule has 13 heteroatoms. The van der Waals surface area contributed by atoms with Crippen LogP contribution in [0.2, 0.25) is 0 Å². The Hall–Kier alpha value is -5.95. The number of hydrogen-bond acceptors (Lipinski definition) is 7. The van der Waals surface area contributed by atoms with E-state index in [-0.39, 0.29) is 23.1 Å². The summed E-state index contributed by atoms with van der Waals surface area (Å²) in [5.41, 5.74) is 4.83. The number of benzene rings is 4. The number of carbonyl (C=O) groups is 2. The van der Waals surface area contributed by atoms with Crippen molar-refractivity contribution in [3.63, 3.8) is 0 Å². The fourth-order valence-corrected chi connectivity index (χ4v) is 6.32. The van der Waals surface area contributed by atoms with Crippen molar-refractivity contribution in [3.8, 4) is 11.4 Å². The summed E-state index contributed by atoms with van der Waals surface area (Å²) >= 11 is 0. The van der Waals surface area contributed by atoms with Crippen LogP contribution >= 0.6 is 0 Å². The van der Waals surface area contributed by atoms with Gasteiger partial charge in [0.1, 0.15) is 18.0 Å². The first-order chi connectivity index (χ1) is 23.0. The van der Waals surface area contributed by atoms with Crippen LogP contribution in [0.1, 0.15) is 16.8 Å². The summed E-state index contributed by atoms with van der Waals surface area (Å²) in [4.78, 5) is 39.0. The number of hydrazone groups is 1. The van der Waals surface area contributed by atoms with E-state index in [2.05, 4.69) is 15.8 Å². The molecular formula is C35H34N6O6S. The quantitative estimate of drug-likeness (QED) is 0.151. The number of hydrogen-bond donors (Lipinski definition) is 2. The zero-order valence-electron chi connectivity index (χ0n) is 26.5. The number of anilines is 2. The van der Waals surface area contributed by atoms with Gasteiger partial charge in [0.15, 0.2) is 6.61 Å². The number of sulfonamides is 1. The molecule has 2 amide bonds. The normalized spacial score (nSPS) is 11.3. The molecule has 0 aliphatic rings. The molecule has 1 heterocycles. The summed E-state index contributed by atoms with van der Waals surface area (Å²) in [6.07, 6.45) is 1.37. The van der Waals surface area contributed by atoms with Crippen molar-refractivity contribution in [1.29, 1.82) is 0 Å². The molecule has 0 spiro atoms. The maximum atomic E-state index is 13.9. The molecule has 0 radical (unpaired) electrons. The van der Waals surface area contributed by atoms with E-state index in [0.717, 1.165) is 9.87 Å².